The lowest BCUT2D eigenvalue weighted by Crippen LogP contribution is -2.49. The van der Waals surface area contributed by atoms with Crippen molar-refractivity contribution in [2.24, 2.45) is 0 Å². The van der Waals surface area contributed by atoms with E-state index >= 15 is 0 Å². The zero-order valence-electron chi connectivity index (χ0n) is 16.8. The quantitative estimate of drug-likeness (QED) is 0.614. The molecule has 0 spiro atoms. The second-order valence-corrected chi connectivity index (χ2v) is 9.01. The van der Waals surface area contributed by atoms with Gasteiger partial charge in [-0.15, -0.1) is 0 Å². The Morgan fingerprint density at radius 2 is 1.43 bits per heavy atom. The van der Waals surface area contributed by atoms with Crippen molar-refractivity contribution in [2.75, 3.05) is 12.0 Å². The van der Waals surface area contributed by atoms with E-state index in [2.05, 4.69) is 0 Å². The first-order valence-corrected chi connectivity index (χ1v) is 11.0. The van der Waals surface area contributed by atoms with E-state index in [0.29, 0.717) is 11.4 Å². The molecule has 6 nitrogen and oxygen atoms in total. The van der Waals surface area contributed by atoms with E-state index in [1.54, 1.807) is 31.4 Å². The van der Waals surface area contributed by atoms with Gasteiger partial charge in [0.1, 0.15) is 10.6 Å². The zero-order chi connectivity index (χ0) is 21.3. The molecule has 0 saturated carbocycles. The summed E-state index contributed by atoms with van der Waals surface area (Å²) in [5.41, 5.74) is 3.08. The van der Waals surface area contributed by atoms with Crippen LogP contribution in [0.4, 0.5) is 10.5 Å². The molecular formula is C23H22N2O4S. The number of rotatable bonds is 5. The predicted octanol–water partition coefficient (Wildman–Crippen LogP) is 4.33. The second-order valence-electron chi connectivity index (χ2n) is 7.18. The van der Waals surface area contributed by atoms with Gasteiger partial charge in [0.15, 0.2) is 0 Å². The molecule has 1 aliphatic heterocycles. The Hall–Kier alpha value is -3.32. The average Bonchev–Trinajstić information content (AvgIpc) is 2.76. The lowest BCUT2D eigenvalue weighted by Gasteiger charge is -2.36. The minimum atomic E-state index is -3.95. The Balaban J connectivity index is 1.73. The largest absolute Gasteiger partial charge is 0.497 e. The molecule has 30 heavy (non-hydrogen) atoms. The topological polar surface area (TPSA) is 66.9 Å². The number of ether oxygens (including phenoxy) is 1. The zero-order valence-corrected chi connectivity index (χ0v) is 17.6. The van der Waals surface area contributed by atoms with Crippen LogP contribution in [-0.2, 0) is 23.1 Å². The van der Waals surface area contributed by atoms with Gasteiger partial charge in [-0.05, 0) is 42.3 Å². The molecule has 3 aromatic carbocycles. The summed E-state index contributed by atoms with van der Waals surface area (Å²) in [5, 5.41) is 0. The molecule has 0 radical (unpaired) electrons. The number of para-hydroxylation sites is 1. The molecular weight excluding hydrogens is 400 g/mol. The highest BCUT2D eigenvalue weighted by Crippen LogP contribution is 2.36. The molecule has 1 aliphatic rings. The lowest BCUT2D eigenvalue weighted by molar-refractivity contribution is 0.226. The third-order valence-electron chi connectivity index (χ3n) is 5.11. The third kappa shape index (κ3) is 3.64. The van der Waals surface area contributed by atoms with E-state index in [1.165, 1.54) is 4.90 Å². The number of anilines is 1. The molecule has 3 aromatic rings. The Bertz CT molecular complexity index is 1170. The van der Waals surface area contributed by atoms with Crippen LogP contribution >= 0.6 is 0 Å². The predicted molar refractivity (Wildman–Crippen MR) is 115 cm³/mol. The van der Waals surface area contributed by atoms with E-state index in [9.17, 15) is 13.2 Å². The van der Waals surface area contributed by atoms with Crippen molar-refractivity contribution in [3.05, 3.63) is 89.5 Å². The normalized spacial score (nSPS) is 15.1. The molecule has 0 bridgehead atoms. The van der Waals surface area contributed by atoms with Gasteiger partial charge in [0.05, 0.1) is 25.9 Å². The van der Waals surface area contributed by atoms with E-state index in [-0.39, 0.29) is 18.0 Å². The van der Waals surface area contributed by atoms with Crippen LogP contribution in [0.15, 0.2) is 77.7 Å². The Morgan fingerprint density at radius 3 is 2.10 bits per heavy atom. The number of urea groups is 1. The smallest absolute Gasteiger partial charge is 0.339 e. The lowest BCUT2D eigenvalue weighted by atomic mass is 10.1. The van der Waals surface area contributed by atoms with Crippen molar-refractivity contribution in [3.63, 3.8) is 0 Å². The van der Waals surface area contributed by atoms with Crippen molar-refractivity contribution in [3.8, 4) is 5.75 Å². The van der Waals surface area contributed by atoms with E-state index < -0.39 is 16.1 Å². The minimum absolute atomic E-state index is 0.0190. The number of hydrogen-bond acceptors (Lipinski definition) is 4. The summed E-state index contributed by atoms with van der Waals surface area (Å²) in [5.74, 6) is 0.715. The second kappa shape index (κ2) is 7.84. The maximum Gasteiger partial charge on any atom is 0.339 e. The maximum atomic E-state index is 13.4. The van der Waals surface area contributed by atoms with Crippen molar-refractivity contribution in [1.82, 2.24) is 4.31 Å². The molecule has 4 rings (SSSR count). The number of amides is 2. The maximum absolute atomic E-state index is 13.4. The van der Waals surface area contributed by atoms with Crippen molar-refractivity contribution in [1.29, 1.82) is 0 Å². The third-order valence-corrected chi connectivity index (χ3v) is 6.88. The van der Waals surface area contributed by atoms with Gasteiger partial charge >= 0.3 is 6.03 Å². The van der Waals surface area contributed by atoms with Gasteiger partial charge in [0.2, 0.25) is 0 Å². The van der Waals surface area contributed by atoms with Crippen LogP contribution in [0.1, 0.15) is 16.7 Å². The number of hydrogen-bond donors (Lipinski definition) is 0. The highest BCUT2D eigenvalue weighted by molar-refractivity contribution is 7.90. The molecule has 0 aliphatic carbocycles. The fourth-order valence-corrected chi connectivity index (χ4v) is 4.99. The number of carbonyl (C=O) groups is 1. The summed E-state index contributed by atoms with van der Waals surface area (Å²) >= 11 is 0. The molecule has 154 valence electrons. The fourth-order valence-electron chi connectivity index (χ4n) is 3.44. The number of aryl methyl sites for hydroxylation is 1. The van der Waals surface area contributed by atoms with Crippen LogP contribution in [0.3, 0.4) is 0 Å². The molecule has 0 fully saturated rings. The van der Waals surface area contributed by atoms with Crippen LogP contribution in [0.25, 0.3) is 0 Å². The SMILES string of the molecule is COc1ccc(CN2C(=O)N(Cc3ccc(C)cc3)S(=O)(=O)c3ccccc32)cc1. The van der Waals surface area contributed by atoms with Gasteiger partial charge < -0.3 is 4.74 Å². The molecule has 1 heterocycles. The highest BCUT2D eigenvalue weighted by atomic mass is 32.2. The van der Waals surface area contributed by atoms with Crippen LogP contribution in [0.5, 0.6) is 5.75 Å². The van der Waals surface area contributed by atoms with Gasteiger partial charge in [-0.1, -0.05) is 54.1 Å². The Labute approximate surface area is 176 Å². The molecule has 0 aromatic heterocycles. The standard InChI is InChI=1S/C23H22N2O4S/c1-17-7-9-19(10-8-17)16-25-23(26)24(15-18-11-13-20(29-2)14-12-18)21-5-3-4-6-22(21)30(25,27)28/h3-14H,15-16H2,1-2H3. The van der Waals surface area contributed by atoms with Crippen molar-refractivity contribution < 1.29 is 17.9 Å². The number of fused-ring (bicyclic) bond motifs is 1. The summed E-state index contributed by atoms with van der Waals surface area (Å²) in [7, 11) is -2.36. The first kappa shape index (κ1) is 20.0. The molecule has 0 unspecified atom stereocenters. The summed E-state index contributed by atoms with van der Waals surface area (Å²) in [4.78, 5) is 15.0. The van der Waals surface area contributed by atoms with Crippen LogP contribution < -0.4 is 9.64 Å². The summed E-state index contributed by atoms with van der Waals surface area (Å²) in [6, 6.07) is 20.9. The van der Waals surface area contributed by atoms with Crippen LogP contribution in [0.2, 0.25) is 0 Å². The Morgan fingerprint density at radius 1 is 0.833 bits per heavy atom. The summed E-state index contributed by atoms with van der Waals surface area (Å²) < 4.78 is 32.6. The van der Waals surface area contributed by atoms with Crippen molar-refractivity contribution >= 4 is 21.7 Å². The number of benzene rings is 3. The average molecular weight is 423 g/mol. The number of carbonyl (C=O) groups excluding carboxylic acids is 1. The molecule has 0 atom stereocenters. The van der Waals surface area contributed by atoms with Crippen LogP contribution in [-0.4, -0.2) is 25.9 Å². The van der Waals surface area contributed by atoms with E-state index in [0.717, 1.165) is 21.0 Å². The summed E-state index contributed by atoms with van der Waals surface area (Å²) in [6.45, 7) is 2.19. The molecule has 0 N–H and O–H groups in total. The van der Waals surface area contributed by atoms with Gasteiger partial charge in [0.25, 0.3) is 10.0 Å². The first-order chi connectivity index (χ1) is 14.4. The number of sulfonamides is 1. The molecule has 0 saturated heterocycles. The van der Waals surface area contributed by atoms with E-state index in [4.69, 9.17) is 4.74 Å². The fraction of sp³-hybridized carbons (Fsp3) is 0.174. The Kier molecular flexibility index (Phi) is 5.22. The van der Waals surface area contributed by atoms with Gasteiger partial charge in [-0.25, -0.2) is 17.5 Å². The van der Waals surface area contributed by atoms with E-state index in [1.807, 2.05) is 55.5 Å². The number of nitrogens with zero attached hydrogens (tertiary/aromatic N) is 2. The number of methoxy groups -OCH3 is 1. The van der Waals surface area contributed by atoms with Crippen LogP contribution in [0, 0.1) is 6.92 Å². The summed E-state index contributed by atoms with van der Waals surface area (Å²) in [6.07, 6.45) is 0. The molecule has 2 amide bonds. The molecule has 7 heteroatoms. The van der Waals surface area contributed by atoms with Gasteiger partial charge in [0, 0.05) is 0 Å². The minimum Gasteiger partial charge on any atom is -0.497 e. The van der Waals surface area contributed by atoms with Crippen molar-refractivity contribution in [2.45, 2.75) is 24.9 Å². The monoisotopic (exact) mass is 422 g/mol. The highest BCUT2D eigenvalue weighted by Gasteiger charge is 2.41. The van der Waals surface area contributed by atoms with Gasteiger partial charge in [-0.2, -0.15) is 0 Å². The van der Waals surface area contributed by atoms with Gasteiger partial charge in [-0.3, -0.25) is 4.90 Å². The first-order valence-electron chi connectivity index (χ1n) is 9.52.